The molecule has 0 spiro atoms. The van der Waals surface area contributed by atoms with Crippen LogP contribution in [-0.4, -0.2) is 10.9 Å². The quantitative estimate of drug-likeness (QED) is 0.627. The minimum atomic E-state index is -0.388. The summed E-state index contributed by atoms with van der Waals surface area (Å²) in [6.07, 6.45) is 3.81. The van der Waals surface area contributed by atoms with Gasteiger partial charge < -0.3 is 4.90 Å². The average molecular weight is 344 g/mol. The molecule has 4 rings (SSSR count). The molecule has 0 fully saturated rings. The summed E-state index contributed by atoms with van der Waals surface area (Å²) in [4.78, 5) is 18.4. The highest BCUT2D eigenvalue weighted by atomic mass is 19.1. The van der Waals surface area contributed by atoms with Gasteiger partial charge in [-0.2, -0.15) is 0 Å². The van der Waals surface area contributed by atoms with Gasteiger partial charge in [-0.3, -0.25) is 4.79 Å². The lowest BCUT2D eigenvalue weighted by Crippen LogP contribution is -2.29. The van der Waals surface area contributed by atoms with Gasteiger partial charge in [-0.1, -0.05) is 54.6 Å². The second-order valence-electron chi connectivity index (χ2n) is 6.23. The summed E-state index contributed by atoms with van der Waals surface area (Å²) in [6, 6.07) is 18.4. The fourth-order valence-electron chi connectivity index (χ4n) is 3.19. The molecule has 0 unspecified atom stereocenters. The van der Waals surface area contributed by atoms with Gasteiger partial charge in [0.2, 0.25) is 5.91 Å². The normalized spacial score (nSPS) is 14.0. The number of aromatic nitrogens is 1. The number of benzene rings is 2. The van der Waals surface area contributed by atoms with Gasteiger partial charge in [-0.15, -0.1) is 0 Å². The third-order valence-corrected chi connectivity index (χ3v) is 4.49. The lowest BCUT2D eigenvalue weighted by molar-refractivity contribution is -0.116. The lowest BCUT2D eigenvalue weighted by atomic mass is 10.0. The predicted octanol–water partition coefficient (Wildman–Crippen LogP) is 4.92. The minimum Gasteiger partial charge on any atom is -0.308 e. The number of fused-ring (bicyclic) bond motifs is 2. The zero-order chi connectivity index (χ0) is 18.1. The first kappa shape index (κ1) is 16.2. The molecule has 2 aromatic carbocycles. The Balaban J connectivity index is 1.88. The van der Waals surface area contributed by atoms with Gasteiger partial charge in [0.15, 0.2) is 0 Å². The Labute approximate surface area is 151 Å². The van der Waals surface area contributed by atoms with Gasteiger partial charge in [0.1, 0.15) is 11.5 Å². The van der Waals surface area contributed by atoms with E-state index in [-0.39, 0.29) is 18.3 Å². The van der Waals surface area contributed by atoms with Gasteiger partial charge in [0.05, 0.1) is 17.9 Å². The van der Waals surface area contributed by atoms with Crippen molar-refractivity contribution in [2.75, 3.05) is 4.90 Å². The topological polar surface area (TPSA) is 33.2 Å². The smallest absolute Gasteiger partial charge is 0.224 e. The first-order chi connectivity index (χ1) is 12.6. The number of nitrogens with zero attached hydrogens (tertiary/aromatic N) is 2. The Morgan fingerprint density at radius 3 is 2.54 bits per heavy atom. The van der Waals surface area contributed by atoms with Gasteiger partial charge >= 0.3 is 0 Å². The van der Waals surface area contributed by atoms with Crippen LogP contribution in [0.5, 0.6) is 0 Å². The maximum atomic E-state index is 14.7. The van der Waals surface area contributed by atoms with Gasteiger partial charge in [-0.05, 0) is 23.8 Å². The van der Waals surface area contributed by atoms with Crippen LogP contribution in [0, 0.1) is 5.82 Å². The van der Waals surface area contributed by atoms with Gasteiger partial charge in [0, 0.05) is 18.1 Å². The Morgan fingerprint density at radius 1 is 1.04 bits per heavy atom. The average Bonchev–Trinajstić information content (AvgIpc) is 2.64. The monoisotopic (exact) mass is 344 g/mol. The van der Waals surface area contributed by atoms with Crippen LogP contribution in [0.3, 0.4) is 0 Å². The van der Waals surface area contributed by atoms with Crippen LogP contribution >= 0.6 is 0 Å². The number of carbonyl (C=O) groups excluding carboxylic acids is 1. The van der Waals surface area contributed by atoms with E-state index in [0.717, 1.165) is 16.8 Å². The van der Waals surface area contributed by atoms with Crippen molar-refractivity contribution >= 4 is 23.7 Å². The van der Waals surface area contributed by atoms with Crippen LogP contribution in [0.25, 0.3) is 23.4 Å². The van der Waals surface area contributed by atoms with E-state index in [2.05, 4.69) is 4.98 Å². The summed E-state index contributed by atoms with van der Waals surface area (Å²) < 4.78 is 14.7. The summed E-state index contributed by atoms with van der Waals surface area (Å²) >= 11 is 0. The highest BCUT2D eigenvalue weighted by molar-refractivity contribution is 5.95. The lowest BCUT2D eigenvalue weighted by Gasteiger charge is -2.25. The van der Waals surface area contributed by atoms with E-state index in [0.29, 0.717) is 17.0 Å². The summed E-state index contributed by atoms with van der Waals surface area (Å²) in [5.41, 5.74) is 4.15. The molecule has 4 heteroatoms. The molecular formula is C22H17FN2O. The van der Waals surface area contributed by atoms with Crippen molar-refractivity contribution in [1.29, 1.82) is 0 Å². The minimum absolute atomic E-state index is 0.0914. The molecule has 0 N–H and O–H groups in total. The highest BCUT2D eigenvalue weighted by Crippen LogP contribution is 2.30. The number of rotatable bonds is 1. The Morgan fingerprint density at radius 2 is 1.77 bits per heavy atom. The summed E-state index contributed by atoms with van der Waals surface area (Å²) in [6.45, 7) is 1.80. The van der Waals surface area contributed by atoms with Gasteiger partial charge in [-0.25, -0.2) is 9.37 Å². The second-order valence-corrected chi connectivity index (χ2v) is 6.23. The van der Waals surface area contributed by atoms with E-state index in [1.165, 1.54) is 13.0 Å². The highest BCUT2D eigenvalue weighted by Gasteiger charge is 2.20. The Hall–Kier alpha value is -3.27. The molecule has 0 radical (unpaired) electrons. The summed E-state index contributed by atoms with van der Waals surface area (Å²) in [5, 5.41) is 0. The van der Waals surface area contributed by atoms with E-state index in [9.17, 15) is 9.18 Å². The van der Waals surface area contributed by atoms with Crippen molar-refractivity contribution in [3.05, 3.63) is 83.3 Å². The molecule has 1 aliphatic heterocycles. The number of carbonyl (C=O) groups is 1. The molecule has 3 aromatic rings. The first-order valence-electron chi connectivity index (χ1n) is 8.43. The zero-order valence-corrected chi connectivity index (χ0v) is 14.3. The maximum Gasteiger partial charge on any atom is 0.224 e. The van der Waals surface area contributed by atoms with E-state index < -0.39 is 0 Å². The van der Waals surface area contributed by atoms with Crippen molar-refractivity contribution in [1.82, 2.24) is 4.98 Å². The van der Waals surface area contributed by atoms with Crippen molar-refractivity contribution in [3.8, 4) is 11.3 Å². The molecular weight excluding hydrogens is 327 g/mol. The third-order valence-electron chi connectivity index (χ3n) is 4.49. The van der Waals surface area contributed by atoms with E-state index >= 15 is 0 Å². The van der Waals surface area contributed by atoms with Crippen LogP contribution in [0.1, 0.15) is 23.7 Å². The molecule has 0 saturated carbocycles. The van der Waals surface area contributed by atoms with Crippen molar-refractivity contribution < 1.29 is 9.18 Å². The predicted molar refractivity (Wildman–Crippen MR) is 102 cm³/mol. The molecule has 1 aromatic heterocycles. The number of hydrogen-bond acceptors (Lipinski definition) is 2. The zero-order valence-electron chi connectivity index (χ0n) is 14.3. The second kappa shape index (κ2) is 6.56. The molecule has 128 valence electrons. The number of hydrogen-bond donors (Lipinski definition) is 0. The standard InChI is InChI=1S/C22H17FN2O/c1-15(26)25-14-18-13-19(23)22(17-8-3-2-4-9-17)24-20(18)12-11-16-7-5-6-10-21(16)25/h2-13H,14H2,1H3/b12-11-. The van der Waals surface area contributed by atoms with Crippen LogP contribution in [0.4, 0.5) is 10.1 Å². The summed E-state index contributed by atoms with van der Waals surface area (Å²) in [5.74, 6) is -0.480. The van der Waals surface area contributed by atoms with Crippen molar-refractivity contribution in [3.63, 3.8) is 0 Å². The molecule has 0 aliphatic carbocycles. The van der Waals surface area contributed by atoms with E-state index in [1.54, 1.807) is 4.90 Å². The van der Waals surface area contributed by atoms with E-state index in [1.807, 2.05) is 66.7 Å². The van der Waals surface area contributed by atoms with Crippen LogP contribution in [0.2, 0.25) is 0 Å². The molecule has 2 heterocycles. The number of anilines is 1. The molecule has 1 amide bonds. The molecule has 0 atom stereocenters. The van der Waals surface area contributed by atoms with Crippen LogP contribution in [-0.2, 0) is 11.3 Å². The first-order valence-corrected chi connectivity index (χ1v) is 8.43. The molecule has 0 bridgehead atoms. The third kappa shape index (κ3) is 2.90. The van der Waals surface area contributed by atoms with Crippen LogP contribution < -0.4 is 4.90 Å². The fourth-order valence-corrected chi connectivity index (χ4v) is 3.19. The summed E-state index contributed by atoms with van der Waals surface area (Å²) in [7, 11) is 0. The molecule has 26 heavy (non-hydrogen) atoms. The SMILES string of the molecule is CC(=O)N1Cc2cc(F)c(-c3ccccc3)nc2/C=C\c2ccccc21. The van der Waals surface area contributed by atoms with E-state index in [4.69, 9.17) is 0 Å². The van der Waals surface area contributed by atoms with Crippen molar-refractivity contribution in [2.24, 2.45) is 0 Å². The fraction of sp³-hybridized carbons (Fsp3) is 0.0909. The molecule has 0 saturated heterocycles. The number of pyridine rings is 1. The molecule has 3 nitrogen and oxygen atoms in total. The number of amides is 1. The van der Waals surface area contributed by atoms with Gasteiger partial charge in [0.25, 0.3) is 0 Å². The number of para-hydroxylation sites is 1. The number of halogens is 1. The Bertz CT molecular complexity index is 1010. The van der Waals surface area contributed by atoms with Crippen LogP contribution in [0.15, 0.2) is 60.7 Å². The van der Waals surface area contributed by atoms with Crippen molar-refractivity contribution in [2.45, 2.75) is 13.5 Å². The molecule has 1 aliphatic rings. The largest absolute Gasteiger partial charge is 0.308 e. The maximum absolute atomic E-state index is 14.7. The Kier molecular flexibility index (Phi) is 4.09.